The number of hydrogen-bond acceptors (Lipinski definition) is 6. The van der Waals surface area contributed by atoms with Crippen LogP contribution in [0.2, 0.25) is 0 Å². The highest BCUT2D eigenvalue weighted by Gasteiger charge is 2.26. The first-order valence-corrected chi connectivity index (χ1v) is 7.61. The minimum absolute atomic E-state index is 0.181. The summed E-state index contributed by atoms with van der Waals surface area (Å²) >= 11 is 0. The number of rotatable bonds is 3. The van der Waals surface area contributed by atoms with Crippen LogP contribution in [0.15, 0.2) is 29.2 Å². The molecule has 3 rings (SSSR count). The molecule has 0 bridgehead atoms. The quantitative estimate of drug-likeness (QED) is 0.930. The molecule has 2 amide bonds. The second-order valence-corrected chi connectivity index (χ2v) is 5.66. The number of hydrogen-bond donors (Lipinski definition) is 1. The van der Waals surface area contributed by atoms with Crippen molar-refractivity contribution >= 4 is 17.7 Å². The number of nitrogens with zero attached hydrogens (tertiary/aromatic N) is 5. The molecule has 8 heteroatoms. The minimum atomic E-state index is -0.181. The van der Waals surface area contributed by atoms with Gasteiger partial charge in [0.1, 0.15) is 5.82 Å². The van der Waals surface area contributed by atoms with Crippen molar-refractivity contribution < 1.29 is 9.32 Å². The Morgan fingerprint density at radius 2 is 2.17 bits per heavy atom. The number of carbonyl (C=O) groups excluding carboxylic acids is 1. The van der Waals surface area contributed by atoms with Crippen molar-refractivity contribution in [3.8, 4) is 0 Å². The molecule has 0 saturated carbocycles. The van der Waals surface area contributed by atoms with E-state index < -0.39 is 0 Å². The van der Waals surface area contributed by atoms with Gasteiger partial charge in [0.2, 0.25) is 5.88 Å². The van der Waals surface area contributed by atoms with Crippen LogP contribution in [-0.4, -0.2) is 52.2 Å². The average Bonchev–Trinajstić information content (AvgIpc) is 3.00. The van der Waals surface area contributed by atoms with E-state index in [-0.39, 0.29) is 12.1 Å². The first-order valence-electron chi connectivity index (χ1n) is 7.61. The first kappa shape index (κ1) is 15.3. The Morgan fingerprint density at radius 1 is 1.39 bits per heavy atom. The van der Waals surface area contributed by atoms with Gasteiger partial charge in [0, 0.05) is 44.6 Å². The van der Waals surface area contributed by atoms with E-state index in [4.69, 9.17) is 4.52 Å². The number of nitrogens with one attached hydrogen (secondary N) is 1. The maximum atomic E-state index is 12.3. The monoisotopic (exact) mass is 316 g/mol. The van der Waals surface area contributed by atoms with Gasteiger partial charge in [0.15, 0.2) is 0 Å². The lowest BCUT2D eigenvalue weighted by atomic mass is 10.0. The number of amides is 2. The van der Waals surface area contributed by atoms with Crippen molar-refractivity contribution in [3.05, 3.63) is 30.4 Å². The second kappa shape index (κ2) is 6.64. The van der Waals surface area contributed by atoms with Crippen LogP contribution in [0.1, 0.15) is 18.5 Å². The summed E-state index contributed by atoms with van der Waals surface area (Å²) < 4.78 is 5.02. The molecule has 0 aromatic carbocycles. The van der Waals surface area contributed by atoms with Gasteiger partial charge in [-0.15, -0.1) is 0 Å². The lowest BCUT2D eigenvalue weighted by molar-refractivity contribution is 0.192. The molecule has 1 N–H and O–H groups in total. The van der Waals surface area contributed by atoms with Gasteiger partial charge in [0.05, 0.1) is 11.9 Å². The smallest absolute Gasteiger partial charge is 0.324 e. The third-order valence-corrected chi connectivity index (χ3v) is 4.06. The van der Waals surface area contributed by atoms with Crippen LogP contribution in [0, 0.1) is 6.92 Å². The summed E-state index contributed by atoms with van der Waals surface area (Å²) in [6.45, 7) is 3.51. The molecule has 3 heterocycles. The van der Waals surface area contributed by atoms with Crippen LogP contribution in [0.3, 0.4) is 0 Å². The van der Waals surface area contributed by atoms with Crippen molar-refractivity contribution in [1.29, 1.82) is 0 Å². The largest absolute Gasteiger partial charge is 0.355 e. The molecule has 1 fully saturated rings. The Kier molecular flexibility index (Phi) is 4.40. The molecular weight excluding hydrogens is 296 g/mol. The fraction of sp³-hybridized carbons (Fsp3) is 0.467. The Bertz CT molecular complexity index is 651. The summed E-state index contributed by atoms with van der Waals surface area (Å²) in [5.41, 5.74) is 0.736. The van der Waals surface area contributed by atoms with Crippen LogP contribution in [0.4, 0.5) is 16.5 Å². The van der Waals surface area contributed by atoms with E-state index in [1.165, 1.54) is 0 Å². The van der Waals surface area contributed by atoms with Gasteiger partial charge in [0.25, 0.3) is 0 Å². The number of urea groups is 1. The van der Waals surface area contributed by atoms with Crippen molar-refractivity contribution in [3.63, 3.8) is 0 Å². The van der Waals surface area contributed by atoms with Crippen LogP contribution < -0.4 is 10.2 Å². The fourth-order valence-electron chi connectivity index (χ4n) is 2.72. The number of carbonyl (C=O) groups is 1. The highest BCUT2D eigenvalue weighted by Crippen LogP contribution is 2.20. The summed E-state index contributed by atoms with van der Waals surface area (Å²) in [4.78, 5) is 24.6. The van der Waals surface area contributed by atoms with Gasteiger partial charge in [-0.1, -0.05) is 5.16 Å². The van der Waals surface area contributed by atoms with Gasteiger partial charge >= 0.3 is 6.03 Å². The lowest BCUT2D eigenvalue weighted by Crippen LogP contribution is -2.47. The summed E-state index contributed by atoms with van der Waals surface area (Å²) in [6.07, 6.45) is 6.90. The molecule has 8 nitrogen and oxygen atoms in total. The molecule has 1 aliphatic heterocycles. The van der Waals surface area contributed by atoms with Gasteiger partial charge in [-0.2, -0.15) is 0 Å². The molecule has 23 heavy (non-hydrogen) atoms. The highest BCUT2D eigenvalue weighted by atomic mass is 16.5. The van der Waals surface area contributed by atoms with Crippen LogP contribution >= 0.6 is 0 Å². The maximum absolute atomic E-state index is 12.3. The Hall–Kier alpha value is -2.64. The Labute approximate surface area is 134 Å². The molecule has 0 radical (unpaired) electrons. The number of aryl methyl sites for hydroxylation is 1. The van der Waals surface area contributed by atoms with E-state index in [1.54, 1.807) is 36.6 Å². The standard InChI is InChI=1S/C15H20N6O2/c1-11-9-14(23-19-11)18-15(22)20(2)12-3-7-21(8-4-12)13-10-16-5-6-17-13/h5-6,9-10,12H,3-4,7-8H2,1-2H3,(H,18,22). The SMILES string of the molecule is Cc1cc(NC(=O)N(C)C2CCN(c3cnccn3)CC2)on1. The summed E-state index contributed by atoms with van der Waals surface area (Å²) in [5.74, 6) is 1.26. The fourth-order valence-corrected chi connectivity index (χ4v) is 2.72. The van der Waals surface area contributed by atoms with Crippen molar-refractivity contribution in [2.75, 3.05) is 30.4 Å². The number of piperidine rings is 1. The predicted molar refractivity (Wildman–Crippen MR) is 85.3 cm³/mol. The van der Waals surface area contributed by atoms with Crippen LogP contribution in [0.25, 0.3) is 0 Å². The lowest BCUT2D eigenvalue weighted by Gasteiger charge is -2.36. The van der Waals surface area contributed by atoms with E-state index in [2.05, 4.69) is 25.3 Å². The Balaban J connectivity index is 1.53. The zero-order valence-electron chi connectivity index (χ0n) is 13.3. The molecule has 2 aromatic heterocycles. The van der Waals surface area contributed by atoms with E-state index in [1.807, 2.05) is 6.92 Å². The van der Waals surface area contributed by atoms with Crippen molar-refractivity contribution in [2.24, 2.45) is 0 Å². The topological polar surface area (TPSA) is 87.4 Å². The zero-order chi connectivity index (χ0) is 16.2. The second-order valence-electron chi connectivity index (χ2n) is 5.66. The summed E-state index contributed by atoms with van der Waals surface area (Å²) in [5, 5.41) is 6.48. The van der Waals surface area contributed by atoms with Crippen molar-refractivity contribution in [1.82, 2.24) is 20.0 Å². The van der Waals surface area contributed by atoms with E-state index >= 15 is 0 Å². The highest BCUT2D eigenvalue weighted by molar-refractivity contribution is 5.87. The van der Waals surface area contributed by atoms with Crippen LogP contribution in [-0.2, 0) is 0 Å². The van der Waals surface area contributed by atoms with Gasteiger partial charge in [-0.3, -0.25) is 10.3 Å². The van der Waals surface area contributed by atoms with E-state index in [9.17, 15) is 4.79 Å². The molecular formula is C15H20N6O2. The maximum Gasteiger partial charge on any atom is 0.324 e. The molecule has 2 aromatic rings. The average molecular weight is 316 g/mol. The van der Waals surface area contributed by atoms with E-state index in [0.29, 0.717) is 5.88 Å². The van der Waals surface area contributed by atoms with E-state index in [0.717, 1.165) is 37.4 Å². The van der Waals surface area contributed by atoms with Gasteiger partial charge in [-0.25, -0.2) is 9.78 Å². The van der Waals surface area contributed by atoms with Crippen LogP contribution in [0.5, 0.6) is 0 Å². The summed E-state index contributed by atoms with van der Waals surface area (Å²) in [6, 6.07) is 1.70. The minimum Gasteiger partial charge on any atom is -0.355 e. The predicted octanol–water partition coefficient (Wildman–Crippen LogP) is 1.91. The third kappa shape index (κ3) is 3.58. The molecule has 1 saturated heterocycles. The molecule has 0 atom stereocenters. The van der Waals surface area contributed by atoms with Gasteiger partial charge in [-0.05, 0) is 19.8 Å². The first-order chi connectivity index (χ1) is 11.1. The molecule has 0 aliphatic carbocycles. The molecule has 122 valence electrons. The zero-order valence-corrected chi connectivity index (χ0v) is 13.3. The number of aromatic nitrogens is 3. The molecule has 0 spiro atoms. The Morgan fingerprint density at radius 3 is 2.78 bits per heavy atom. The molecule has 1 aliphatic rings. The third-order valence-electron chi connectivity index (χ3n) is 4.06. The normalized spacial score (nSPS) is 15.5. The number of anilines is 2. The molecule has 0 unspecified atom stereocenters. The van der Waals surface area contributed by atoms with Crippen molar-refractivity contribution in [2.45, 2.75) is 25.8 Å². The summed E-state index contributed by atoms with van der Waals surface area (Å²) in [7, 11) is 1.81. The van der Waals surface area contributed by atoms with Gasteiger partial charge < -0.3 is 14.3 Å².